The van der Waals surface area contributed by atoms with Gasteiger partial charge in [-0.15, -0.1) is 0 Å². The molecule has 1 aromatic heterocycles. The molecule has 1 unspecified atom stereocenters. The second kappa shape index (κ2) is 5.88. The summed E-state index contributed by atoms with van der Waals surface area (Å²) in [5.41, 5.74) is 2.69. The van der Waals surface area contributed by atoms with Crippen LogP contribution in [0, 0.1) is 0 Å². The van der Waals surface area contributed by atoms with Gasteiger partial charge in [0.15, 0.2) is 0 Å². The Bertz CT molecular complexity index is 427. The van der Waals surface area contributed by atoms with Crippen LogP contribution >= 0.6 is 0 Å². The number of aromatic nitrogens is 1. The first-order valence-electron chi connectivity index (χ1n) is 7.38. The highest BCUT2D eigenvalue weighted by Gasteiger charge is 2.18. The SMILES string of the molecule is CC1CNCCc2ccc(N3CCCOCC3)nc21. The minimum Gasteiger partial charge on any atom is -0.380 e. The van der Waals surface area contributed by atoms with Gasteiger partial charge in [0.1, 0.15) is 5.82 Å². The van der Waals surface area contributed by atoms with Crippen molar-refractivity contribution in [1.82, 2.24) is 10.3 Å². The molecule has 1 atom stereocenters. The van der Waals surface area contributed by atoms with Crippen LogP contribution < -0.4 is 10.2 Å². The summed E-state index contributed by atoms with van der Waals surface area (Å²) < 4.78 is 5.52. The minimum atomic E-state index is 0.501. The molecule has 0 bridgehead atoms. The van der Waals surface area contributed by atoms with E-state index in [1.807, 2.05) is 0 Å². The Morgan fingerprint density at radius 3 is 3.21 bits per heavy atom. The van der Waals surface area contributed by atoms with Gasteiger partial charge in [0.05, 0.1) is 12.3 Å². The van der Waals surface area contributed by atoms with Gasteiger partial charge in [-0.2, -0.15) is 0 Å². The first-order chi connectivity index (χ1) is 9.34. The van der Waals surface area contributed by atoms with Crippen molar-refractivity contribution in [2.75, 3.05) is 44.3 Å². The van der Waals surface area contributed by atoms with Gasteiger partial charge in [-0.25, -0.2) is 4.98 Å². The fourth-order valence-corrected chi connectivity index (χ4v) is 2.92. The van der Waals surface area contributed by atoms with Crippen molar-refractivity contribution in [2.24, 2.45) is 0 Å². The van der Waals surface area contributed by atoms with E-state index in [1.165, 1.54) is 11.3 Å². The van der Waals surface area contributed by atoms with Crippen LogP contribution in [0.5, 0.6) is 0 Å². The molecule has 1 saturated heterocycles. The molecule has 2 aliphatic heterocycles. The van der Waals surface area contributed by atoms with Gasteiger partial charge in [0.25, 0.3) is 0 Å². The molecule has 1 fully saturated rings. The summed E-state index contributed by atoms with van der Waals surface area (Å²) in [6.45, 7) is 8.07. The Labute approximate surface area is 115 Å². The Morgan fingerprint density at radius 1 is 1.32 bits per heavy atom. The van der Waals surface area contributed by atoms with Gasteiger partial charge in [0.2, 0.25) is 0 Å². The summed E-state index contributed by atoms with van der Waals surface area (Å²) in [5, 5.41) is 3.48. The lowest BCUT2D eigenvalue weighted by molar-refractivity contribution is 0.152. The third kappa shape index (κ3) is 2.90. The van der Waals surface area contributed by atoms with E-state index >= 15 is 0 Å². The Hall–Kier alpha value is -1.13. The summed E-state index contributed by atoms with van der Waals surface area (Å²) in [4.78, 5) is 7.31. The van der Waals surface area contributed by atoms with Crippen LogP contribution in [-0.4, -0.2) is 44.4 Å². The first-order valence-corrected chi connectivity index (χ1v) is 7.38. The summed E-state index contributed by atoms with van der Waals surface area (Å²) in [7, 11) is 0. The van der Waals surface area contributed by atoms with E-state index in [1.54, 1.807) is 0 Å². The number of pyridine rings is 1. The van der Waals surface area contributed by atoms with Gasteiger partial charge in [-0.05, 0) is 31.0 Å². The highest BCUT2D eigenvalue weighted by Crippen LogP contribution is 2.24. The lowest BCUT2D eigenvalue weighted by Gasteiger charge is -2.23. The quantitative estimate of drug-likeness (QED) is 0.832. The fraction of sp³-hybridized carbons (Fsp3) is 0.667. The molecule has 0 aliphatic carbocycles. The highest BCUT2D eigenvalue weighted by atomic mass is 16.5. The summed E-state index contributed by atoms with van der Waals surface area (Å²) in [6.07, 6.45) is 2.19. The fourth-order valence-electron chi connectivity index (χ4n) is 2.92. The van der Waals surface area contributed by atoms with E-state index in [-0.39, 0.29) is 0 Å². The van der Waals surface area contributed by atoms with Crippen molar-refractivity contribution in [1.29, 1.82) is 0 Å². The molecule has 0 aromatic carbocycles. The molecule has 4 heteroatoms. The van der Waals surface area contributed by atoms with E-state index in [4.69, 9.17) is 9.72 Å². The highest BCUT2D eigenvalue weighted by molar-refractivity contribution is 5.43. The van der Waals surface area contributed by atoms with Gasteiger partial charge in [-0.1, -0.05) is 13.0 Å². The molecule has 0 amide bonds. The van der Waals surface area contributed by atoms with Crippen LogP contribution in [0.15, 0.2) is 12.1 Å². The van der Waals surface area contributed by atoms with Gasteiger partial charge in [0, 0.05) is 32.2 Å². The topological polar surface area (TPSA) is 37.4 Å². The lowest BCUT2D eigenvalue weighted by Crippen LogP contribution is -2.27. The van der Waals surface area contributed by atoms with E-state index < -0.39 is 0 Å². The smallest absolute Gasteiger partial charge is 0.128 e. The zero-order valence-electron chi connectivity index (χ0n) is 11.7. The van der Waals surface area contributed by atoms with Gasteiger partial charge >= 0.3 is 0 Å². The predicted molar refractivity (Wildman–Crippen MR) is 76.9 cm³/mol. The van der Waals surface area contributed by atoms with Crippen molar-refractivity contribution >= 4 is 5.82 Å². The number of nitrogens with zero attached hydrogens (tertiary/aromatic N) is 2. The first kappa shape index (κ1) is 12.9. The van der Waals surface area contributed by atoms with Crippen molar-refractivity contribution in [2.45, 2.75) is 25.7 Å². The van der Waals surface area contributed by atoms with Gasteiger partial charge in [-0.3, -0.25) is 0 Å². The third-order valence-electron chi connectivity index (χ3n) is 4.03. The number of rotatable bonds is 1. The van der Waals surface area contributed by atoms with Crippen molar-refractivity contribution in [3.63, 3.8) is 0 Å². The van der Waals surface area contributed by atoms with Crippen LogP contribution in [0.2, 0.25) is 0 Å². The van der Waals surface area contributed by atoms with Crippen LogP contribution in [0.4, 0.5) is 5.82 Å². The summed E-state index contributed by atoms with van der Waals surface area (Å²) in [5.74, 6) is 1.62. The lowest BCUT2D eigenvalue weighted by atomic mass is 10.0. The van der Waals surface area contributed by atoms with Gasteiger partial charge < -0.3 is 15.0 Å². The zero-order chi connectivity index (χ0) is 13.1. The zero-order valence-corrected chi connectivity index (χ0v) is 11.7. The second-order valence-electron chi connectivity index (χ2n) is 5.52. The molecule has 1 N–H and O–H groups in total. The molecule has 4 nitrogen and oxygen atoms in total. The minimum absolute atomic E-state index is 0.501. The summed E-state index contributed by atoms with van der Waals surface area (Å²) >= 11 is 0. The number of ether oxygens (including phenoxy) is 1. The van der Waals surface area contributed by atoms with E-state index in [0.29, 0.717) is 5.92 Å². The monoisotopic (exact) mass is 261 g/mol. The Balaban J connectivity index is 1.86. The van der Waals surface area contributed by atoms with Crippen molar-refractivity contribution in [3.05, 3.63) is 23.4 Å². The molecule has 0 saturated carbocycles. The second-order valence-corrected chi connectivity index (χ2v) is 5.52. The largest absolute Gasteiger partial charge is 0.380 e. The normalized spacial score (nSPS) is 24.5. The number of nitrogens with one attached hydrogen (secondary N) is 1. The number of fused-ring (bicyclic) bond motifs is 1. The van der Waals surface area contributed by atoms with Crippen LogP contribution in [0.25, 0.3) is 0 Å². The average molecular weight is 261 g/mol. The molecule has 19 heavy (non-hydrogen) atoms. The molecule has 0 radical (unpaired) electrons. The third-order valence-corrected chi connectivity index (χ3v) is 4.03. The summed E-state index contributed by atoms with van der Waals surface area (Å²) in [6, 6.07) is 4.45. The molecule has 104 valence electrons. The van der Waals surface area contributed by atoms with E-state index in [9.17, 15) is 0 Å². The van der Waals surface area contributed by atoms with Crippen molar-refractivity contribution < 1.29 is 4.74 Å². The molecule has 3 heterocycles. The maximum absolute atomic E-state index is 5.52. The molecular formula is C15H23N3O. The molecule has 1 aromatic rings. The molecule has 3 rings (SSSR count). The maximum Gasteiger partial charge on any atom is 0.128 e. The average Bonchev–Trinajstić information content (AvgIpc) is 2.80. The number of hydrogen-bond acceptors (Lipinski definition) is 4. The van der Waals surface area contributed by atoms with E-state index in [2.05, 4.69) is 29.3 Å². The number of hydrogen-bond donors (Lipinski definition) is 1. The molecule has 0 spiro atoms. The number of anilines is 1. The molecular weight excluding hydrogens is 238 g/mol. The Morgan fingerprint density at radius 2 is 2.26 bits per heavy atom. The van der Waals surface area contributed by atoms with Crippen LogP contribution in [0.3, 0.4) is 0 Å². The standard InChI is InChI=1S/C15H23N3O/c1-12-11-16-6-5-13-3-4-14(17-15(12)13)18-7-2-9-19-10-8-18/h3-4,12,16H,2,5-11H2,1H3. The van der Waals surface area contributed by atoms with E-state index in [0.717, 1.165) is 58.1 Å². The Kier molecular flexibility index (Phi) is 3.99. The predicted octanol–water partition coefficient (Wildman–Crippen LogP) is 1.56. The molecule has 2 aliphatic rings. The van der Waals surface area contributed by atoms with Crippen LogP contribution in [-0.2, 0) is 11.2 Å². The van der Waals surface area contributed by atoms with Crippen molar-refractivity contribution in [3.8, 4) is 0 Å². The van der Waals surface area contributed by atoms with Crippen LogP contribution in [0.1, 0.15) is 30.5 Å². The maximum atomic E-state index is 5.52.